The number of rotatable bonds is 8. The summed E-state index contributed by atoms with van der Waals surface area (Å²) in [5, 5.41) is 3.49. The minimum absolute atomic E-state index is 0.823. The predicted octanol–water partition coefficient (Wildman–Crippen LogP) is 1.98. The van der Waals surface area contributed by atoms with Crippen LogP contribution in [0.5, 0.6) is 0 Å². The van der Waals surface area contributed by atoms with Crippen molar-refractivity contribution in [2.24, 2.45) is 11.8 Å². The molecule has 17 heavy (non-hydrogen) atoms. The molecule has 2 atom stereocenters. The van der Waals surface area contributed by atoms with Crippen LogP contribution in [0.1, 0.15) is 33.1 Å². The van der Waals surface area contributed by atoms with E-state index in [1.807, 2.05) is 0 Å². The number of nitrogens with one attached hydrogen (secondary N) is 1. The van der Waals surface area contributed by atoms with Gasteiger partial charge in [-0.3, -0.25) is 0 Å². The van der Waals surface area contributed by atoms with Crippen LogP contribution >= 0.6 is 0 Å². The van der Waals surface area contributed by atoms with Crippen LogP contribution in [-0.2, 0) is 4.74 Å². The number of piperidine rings is 1. The van der Waals surface area contributed by atoms with Gasteiger partial charge in [0.25, 0.3) is 0 Å². The molecular weight excluding hydrogens is 212 g/mol. The molecule has 0 aromatic rings. The van der Waals surface area contributed by atoms with Crippen molar-refractivity contribution < 1.29 is 4.74 Å². The summed E-state index contributed by atoms with van der Waals surface area (Å²) in [6.45, 7) is 11.5. The molecule has 3 heteroatoms. The molecule has 1 saturated heterocycles. The third kappa shape index (κ3) is 6.39. The second-order valence-electron chi connectivity index (χ2n) is 5.48. The molecular formula is C14H30N2O. The maximum absolute atomic E-state index is 5.05. The highest BCUT2D eigenvalue weighted by molar-refractivity contribution is 4.75. The first-order valence-corrected chi connectivity index (χ1v) is 7.18. The standard InChI is InChI=1S/C14H30N2O/c1-4-13(2)11-16-8-5-6-14(12-16)10-15-7-9-17-3/h13-15H,4-12H2,1-3H3. The molecule has 0 aromatic heterocycles. The molecule has 0 aromatic carbocycles. The normalized spacial score (nSPS) is 23.8. The lowest BCUT2D eigenvalue weighted by Crippen LogP contribution is -2.41. The smallest absolute Gasteiger partial charge is 0.0587 e. The van der Waals surface area contributed by atoms with Crippen molar-refractivity contribution in [2.45, 2.75) is 33.1 Å². The van der Waals surface area contributed by atoms with Crippen LogP contribution in [0.25, 0.3) is 0 Å². The monoisotopic (exact) mass is 242 g/mol. The van der Waals surface area contributed by atoms with E-state index in [9.17, 15) is 0 Å². The van der Waals surface area contributed by atoms with Crippen molar-refractivity contribution >= 4 is 0 Å². The fourth-order valence-electron chi connectivity index (χ4n) is 2.53. The fraction of sp³-hybridized carbons (Fsp3) is 1.00. The van der Waals surface area contributed by atoms with Gasteiger partial charge in [0, 0.05) is 26.7 Å². The van der Waals surface area contributed by atoms with E-state index in [1.165, 1.54) is 38.9 Å². The van der Waals surface area contributed by atoms with Gasteiger partial charge in [-0.05, 0) is 37.8 Å². The number of ether oxygens (including phenoxy) is 1. The summed E-state index contributed by atoms with van der Waals surface area (Å²) in [4.78, 5) is 2.65. The van der Waals surface area contributed by atoms with Gasteiger partial charge in [-0.1, -0.05) is 20.3 Å². The van der Waals surface area contributed by atoms with E-state index in [2.05, 4.69) is 24.1 Å². The molecule has 2 unspecified atom stereocenters. The van der Waals surface area contributed by atoms with E-state index in [0.29, 0.717) is 0 Å². The Morgan fingerprint density at radius 2 is 2.29 bits per heavy atom. The third-order valence-electron chi connectivity index (χ3n) is 3.79. The number of hydrogen-bond donors (Lipinski definition) is 1. The van der Waals surface area contributed by atoms with Crippen LogP contribution in [0.4, 0.5) is 0 Å². The molecule has 0 saturated carbocycles. The Bertz CT molecular complexity index is 187. The molecule has 1 aliphatic rings. The van der Waals surface area contributed by atoms with Crippen LogP contribution in [0.2, 0.25) is 0 Å². The Hall–Kier alpha value is -0.120. The molecule has 0 bridgehead atoms. The molecule has 1 heterocycles. The largest absolute Gasteiger partial charge is 0.383 e. The quantitative estimate of drug-likeness (QED) is 0.659. The molecule has 3 nitrogen and oxygen atoms in total. The van der Waals surface area contributed by atoms with Gasteiger partial charge in [-0.15, -0.1) is 0 Å². The Morgan fingerprint density at radius 3 is 3.00 bits per heavy atom. The zero-order valence-corrected chi connectivity index (χ0v) is 11.9. The Labute approximate surface area is 107 Å². The van der Waals surface area contributed by atoms with Crippen LogP contribution in [0.3, 0.4) is 0 Å². The number of methoxy groups -OCH3 is 1. The van der Waals surface area contributed by atoms with Crippen molar-refractivity contribution in [1.82, 2.24) is 10.2 Å². The minimum atomic E-state index is 0.823. The van der Waals surface area contributed by atoms with Gasteiger partial charge >= 0.3 is 0 Å². The molecule has 1 rings (SSSR count). The van der Waals surface area contributed by atoms with Gasteiger partial charge in [-0.25, -0.2) is 0 Å². The van der Waals surface area contributed by atoms with Crippen molar-refractivity contribution in [3.05, 3.63) is 0 Å². The summed E-state index contributed by atoms with van der Waals surface area (Å²) in [5.41, 5.74) is 0. The summed E-state index contributed by atoms with van der Waals surface area (Å²) in [6.07, 6.45) is 4.05. The second kappa shape index (κ2) is 8.90. The van der Waals surface area contributed by atoms with Gasteiger partial charge in [-0.2, -0.15) is 0 Å². The maximum Gasteiger partial charge on any atom is 0.0587 e. The van der Waals surface area contributed by atoms with Crippen LogP contribution in [-0.4, -0.2) is 51.3 Å². The summed E-state index contributed by atoms with van der Waals surface area (Å²) < 4.78 is 5.05. The fourth-order valence-corrected chi connectivity index (χ4v) is 2.53. The van der Waals surface area contributed by atoms with Gasteiger partial charge in [0.1, 0.15) is 0 Å². The summed E-state index contributed by atoms with van der Waals surface area (Å²) in [6, 6.07) is 0. The molecule has 0 spiro atoms. The topological polar surface area (TPSA) is 24.5 Å². The third-order valence-corrected chi connectivity index (χ3v) is 3.79. The average Bonchev–Trinajstić information content (AvgIpc) is 2.35. The lowest BCUT2D eigenvalue weighted by Gasteiger charge is -2.34. The Balaban J connectivity index is 2.14. The lowest BCUT2D eigenvalue weighted by molar-refractivity contribution is 0.148. The van der Waals surface area contributed by atoms with Crippen LogP contribution in [0.15, 0.2) is 0 Å². The highest BCUT2D eigenvalue weighted by Crippen LogP contribution is 2.17. The van der Waals surface area contributed by atoms with Gasteiger partial charge in [0.2, 0.25) is 0 Å². The SMILES string of the molecule is CCC(C)CN1CCCC(CNCCOC)C1. The van der Waals surface area contributed by atoms with E-state index in [0.717, 1.165) is 31.5 Å². The molecule has 0 aliphatic carbocycles. The highest BCUT2D eigenvalue weighted by atomic mass is 16.5. The van der Waals surface area contributed by atoms with E-state index >= 15 is 0 Å². The van der Waals surface area contributed by atoms with Crippen molar-refractivity contribution in [3.8, 4) is 0 Å². The molecule has 0 amide bonds. The summed E-state index contributed by atoms with van der Waals surface area (Å²) in [7, 11) is 1.76. The lowest BCUT2D eigenvalue weighted by atomic mass is 9.96. The summed E-state index contributed by atoms with van der Waals surface area (Å²) in [5.74, 6) is 1.68. The first-order valence-electron chi connectivity index (χ1n) is 7.18. The molecule has 1 N–H and O–H groups in total. The number of hydrogen-bond acceptors (Lipinski definition) is 3. The zero-order chi connectivity index (χ0) is 12.5. The average molecular weight is 242 g/mol. The van der Waals surface area contributed by atoms with Crippen LogP contribution < -0.4 is 5.32 Å². The molecule has 102 valence electrons. The number of likely N-dealkylation sites (tertiary alicyclic amines) is 1. The van der Waals surface area contributed by atoms with E-state index in [-0.39, 0.29) is 0 Å². The first kappa shape index (κ1) is 14.9. The Kier molecular flexibility index (Phi) is 7.82. The van der Waals surface area contributed by atoms with Gasteiger partial charge in [0.15, 0.2) is 0 Å². The van der Waals surface area contributed by atoms with Crippen LogP contribution in [0, 0.1) is 11.8 Å². The van der Waals surface area contributed by atoms with E-state index in [4.69, 9.17) is 4.74 Å². The van der Waals surface area contributed by atoms with Crippen molar-refractivity contribution in [2.75, 3.05) is 46.4 Å². The summed E-state index contributed by atoms with van der Waals surface area (Å²) >= 11 is 0. The molecule has 0 radical (unpaired) electrons. The van der Waals surface area contributed by atoms with Crippen molar-refractivity contribution in [1.29, 1.82) is 0 Å². The van der Waals surface area contributed by atoms with Crippen molar-refractivity contribution in [3.63, 3.8) is 0 Å². The zero-order valence-electron chi connectivity index (χ0n) is 11.9. The molecule has 1 fully saturated rings. The highest BCUT2D eigenvalue weighted by Gasteiger charge is 2.20. The van der Waals surface area contributed by atoms with E-state index in [1.54, 1.807) is 7.11 Å². The van der Waals surface area contributed by atoms with E-state index < -0.39 is 0 Å². The molecule has 1 aliphatic heterocycles. The second-order valence-corrected chi connectivity index (χ2v) is 5.48. The van der Waals surface area contributed by atoms with Gasteiger partial charge in [0.05, 0.1) is 6.61 Å². The van der Waals surface area contributed by atoms with Gasteiger partial charge < -0.3 is 15.0 Å². The Morgan fingerprint density at radius 1 is 1.47 bits per heavy atom. The maximum atomic E-state index is 5.05. The predicted molar refractivity (Wildman–Crippen MR) is 73.4 cm³/mol. The number of nitrogens with zero attached hydrogens (tertiary/aromatic N) is 1. The minimum Gasteiger partial charge on any atom is -0.383 e. The first-order chi connectivity index (χ1) is 8.26.